The predicted molar refractivity (Wildman–Crippen MR) is 93.3 cm³/mol. The largest absolute Gasteiger partial charge is 0.479 e. The summed E-state index contributed by atoms with van der Waals surface area (Å²) in [5.41, 5.74) is 7.53. The van der Waals surface area contributed by atoms with Crippen LogP contribution in [0, 0.1) is 5.41 Å². The van der Waals surface area contributed by atoms with Crippen LogP contribution >= 0.6 is 15.9 Å². The molecule has 0 saturated carbocycles. The minimum Gasteiger partial charge on any atom is -0.479 e. The van der Waals surface area contributed by atoms with Crippen LogP contribution in [0.3, 0.4) is 0 Å². The number of anilines is 3. The Labute approximate surface area is 144 Å². The molecular formula is C14H12BrN7O2. The van der Waals surface area contributed by atoms with Crippen LogP contribution in [-0.4, -0.2) is 39.5 Å². The predicted octanol–water partition coefficient (Wildman–Crippen LogP) is 2.26. The summed E-state index contributed by atoms with van der Waals surface area (Å²) in [4.78, 5) is 26.4. The highest BCUT2D eigenvalue weighted by Gasteiger charge is 2.17. The Balaban J connectivity index is 2.15. The molecule has 0 fully saturated rings. The molecule has 10 heteroatoms. The standard InChI is InChI=1S/C14H12BrN7O2/c1-24-14-7(2-6(3-16)11(17)22-14)20-12-9-10(15)8(4-23)21-13(9)19-5-18-12/h2-5,16H,1H3,(H2,17,22)(H2,18,19,20,21). The number of nitrogens with two attached hydrogens (primary N) is 1. The van der Waals surface area contributed by atoms with Crippen LogP contribution in [0.25, 0.3) is 11.0 Å². The molecule has 3 aromatic rings. The molecule has 0 aliphatic rings. The lowest BCUT2D eigenvalue weighted by Gasteiger charge is -2.12. The van der Waals surface area contributed by atoms with E-state index in [1.807, 2.05) is 0 Å². The van der Waals surface area contributed by atoms with Crippen molar-refractivity contribution in [1.82, 2.24) is 19.9 Å². The lowest BCUT2D eigenvalue weighted by molar-refractivity contribution is 0.111. The van der Waals surface area contributed by atoms with E-state index in [9.17, 15) is 4.79 Å². The summed E-state index contributed by atoms with van der Waals surface area (Å²) in [7, 11) is 1.46. The van der Waals surface area contributed by atoms with Crippen molar-refractivity contribution in [3.63, 3.8) is 0 Å². The second-order valence-electron chi connectivity index (χ2n) is 4.71. The Bertz CT molecular complexity index is 954. The number of nitrogens with zero attached hydrogens (tertiary/aromatic N) is 3. The molecule has 0 radical (unpaired) electrons. The quantitative estimate of drug-likeness (QED) is 0.387. The van der Waals surface area contributed by atoms with Gasteiger partial charge in [-0.3, -0.25) is 4.79 Å². The summed E-state index contributed by atoms with van der Waals surface area (Å²) in [6.07, 6.45) is 3.14. The summed E-state index contributed by atoms with van der Waals surface area (Å²) in [5, 5.41) is 11.1. The number of hydrogen-bond acceptors (Lipinski definition) is 8. The Morgan fingerprint density at radius 2 is 2.25 bits per heavy atom. The second-order valence-corrected chi connectivity index (χ2v) is 5.50. The minimum atomic E-state index is 0.186. The summed E-state index contributed by atoms with van der Waals surface area (Å²) < 4.78 is 5.77. The van der Waals surface area contributed by atoms with Gasteiger partial charge in [0.1, 0.15) is 29.3 Å². The van der Waals surface area contributed by atoms with Gasteiger partial charge in [0.15, 0.2) is 6.29 Å². The van der Waals surface area contributed by atoms with Gasteiger partial charge < -0.3 is 26.2 Å². The van der Waals surface area contributed by atoms with Crippen LogP contribution in [0.2, 0.25) is 0 Å². The Kier molecular flexibility index (Phi) is 4.13. The fourth-order valence-electron chi connectivity index (χ4n) is 2.20. The maximum Gasteiger partial charge on any atom is 0.239 e. The van der Waals surface area contributed by atoms with Crippen LogP contribution in [0.15, 0.2) is 16.9 Å². The monoisotopic (exact) mass is 389 g/mol. The zero-order valence-electron chi connectivity index (χ0n) is 12.4. The van der Waals surface area contributed by atoms with E-state index in [2.05, 4.69) is 41.2 Å². The van der Waals surface area contributed by atoms with Crippen molar-refractivity contribution in [2.75, 3.05) is 18.2 Å². The molecule has 0 aliphatic heterocycles. The first-order chi connectivity index (χ1) is 11.6. The van der Waals surface area contributed by atoms with Crippen LogP contribution < -0.4 is 15.8 Å². The molecule has 0 bridgehead atoms. The van der Waals surface area contributed by atoms with Crippen molar-refractivity contribution in [3.05, 3.63) is 28.1 Å². The number of aromatic amines is 1. The zero-order chi connectivity index (χ0) is 17.3. The number of H-pyrrole nitrogens is 1. The molecule has 122 valence electrons. The highest BCUT2D eigenvalue weighted by molar-refractivity contribution is 9.10. The molecule has 3 rings (SSSR count). The third-order valence-corrected chi connectivity index (χ3v) is 4.15. The molecule has 0 aliphatic carbocycles. The zero-order valence-corrected chi connectivity index (χ0v) is 14.0. The first-order valence-corrected chi connectivity index (χ1v) is 7.47. The third kappa shape index (κ3) is 2.56. The van der Waals surface area contributed by atoms with Gasteiger partial charge in [-0.25, -0.2) is 9.97 Å². The topological polar surface area (TPSA) is 143 Å². The van der Waals surface area contributed by atoms with E-state index in [4.69, 9.17) is 15.9 Å². The number of pyridine rings is 1. The van der Waals surface area contributed by atoms with Gasteiger partial charge in [0, 0.05) is 11.8 Å². The normalized spacial score (nSPS) is 10.6. The van der Waals surface area contributed by atoms with Gasteiger partial charge in [-0.15, -0.1) is 0 Å². The number of hydrogen-bond donors (Lipinski definition) is 4. The number of fused-ring (bicyclic) bond motifs is 1. The molecule has 5 N–H and O–H groups in total. The van der Waals surface area contributed by atoms with Crippen molar-refractivity contribution in [2.45, 2.75) is 0 Å². The fraction of sp³-hybridized carbons (Fsp3) is 0.0714. The molecular weight excluding hydrogens is 378 g/mol. The van der Waals surface area contributed by atoms with Gasteiger partial charge in [0.25, 0.3) is 0 Å². The molecule has 0 atom stereocenters. The molecule has 24 heavy (non-hydrogen) atoms. The average Bonchev–Trinajstić information content (AvgIpc) is 2.93. The maximum atomic E-state index is 11.1. The molecule has 9 nitrogen and oxygen atoms in total. The SMILES string of the molecule is COc1nc(N)c(C=N)cc1Nc1ncnc2[nH]c(C=O)c(Br)c12. The fourth-order valence-corrected chi connectivity index (χ4v) is 2.76. The molecule has 0 unspecified atom stereocenters. The highest BCUT2D eigenvalue weighted by atomic mass is 79.9. The van der Waals surface area contributed by atoms with Gasteiger partial charge in [-0.05, 0) is 22.0 Å². The van der Waals surface area contributed by atoms with E-state index >= 15 is 0 Å². The van der Waals surface area contributed by atoms with E-state index < -0.39 is 0 Å². The number of carbonyl (C=O) groups excluding carboxylic acids is 1. The van der Waals surface area contributed by atoms with Crippen LogP contribution in [0.4, 0.5) is 17.3 Å². The Morgan fingerprint density at radius 3 is 2.92 bits per heavy atom. The van der Waals surface area contributed by atoms with Crippen molar-refractivity contribution < 1.29 is 9.53 Å². The van der Waals surface area contributed by atoms with Crippen LogP contribution in [-0.2, 0) is 0 Å². The number of aromatic nitrogens is 4. The number of nitrogens with one attached hydrogen (secondary N) is 3. The number of halogens is 1. The van der Waals surface area contributed by atoms with Crippen molar-refractivity contribution >= 4 is 56.8 Å². The van der Waals surface area contributed by atoms with Gasteiger partial charge in [0.2, 0.25) is 5.88 Å². The first-order valence-electron chi connectivity index (χ1n) is 6.68. The van der Waals surface area contributed by atoms with Crippen molar-refractivity contribution in [1.29, 1.82) is 5.41 Å². The molecule has 0 amide bonds. The number of nitrogen functional groups attached to an aromatic ring is 1. The molecule has 0 saturated heterocycles. The van der Waals surface area contributed by atoms with Crippen LogP contribution in [0.5, 0.6) is 5.88 Å². The summed E-state index contributed by atoms with van der Waals surface area (Å²) in [6.45, 7) is 0. The van der Waals surface area contributed by atoms with Crippen molar-refractivity contribution in [2.24, 2.45) is 0 Å². The highest BCUT2D eigenvalue weighted by Crippen LogP contribution is 2.34. The van der Waals surface area contributed by atoms with E-state index in [-0.39, 0.29) is 11.7 Å². The number of ether oxygens (including phenoxy) is 1. The van der Waals surface area contributed by atoms with Crippen LogP contribution in [0.1, 0.15) is 16.1 Å². The van der Waals surface area contributed by atoms with E-state index in [1.165, 1.54) is 13.4 Å². The number of aldehydes is 1. The minimum absolute atomic E-state index is 0.186. The molecule has 0 aromatic carbocycles. The van der Waals surface area contributed by atoms with Gasteiger partial charge >= 0.3 is 0 Å². The van der Waals surface area contributed by atoms with E-state index in [0.717, 1.165) is 6.21 Å². The van der Waals surface area contributed by atoms with E-state index in [0.29, 0.717) is 44.6 Å². The van der Waals surface area contributed by atoms with E-state index in [1.54, 1.807) is 6.07 Å². The van der Waals surface area contributed by atoms with Gasteiger partial charge in [-0.1, -0.05) is 0 Å². The maximum absolute atomic E-state index is 11.1. The molecule has 0 spiro atoms. The summed E-state index contributed by atoms with van der Waals surface area (Å²) >= 11 is 3.37. The number of methoxy groups -OCH3 is 1. The third-order valence-electron chi connectivity index (χ3n) is 3.32. The lowest BCUT2D eigenvalue weighted by Crippen LogP contribution is -2.04. The van der Waals surface area contributed by atoms with Gasteiger partial charge in [0.05, 0.1) is 22.7 Å². The van der Waals surface area contributed by atoms with Gasteiger partial charge in [-0.2, -0.15) is 4.98 Å². The Morgan fingerprint density at radius 1 is 1.46 bits per heavy atom. The molecule has 3 heterocycles. The lowest BCUT2D eigenvalue weighted by atomic mass is 10.2. The Hall–Kier alpha value is -3.01. The first kappa shape index (κ1) is 15.9. The molecule has 3 aromatic heterocycles. The smallest absolute Gasteiger partial charge is 0.239 e. The number of rotatable bonds is 5. The average molecular weight is 390 g/mol. The second kappa shape index (κ2) is 6.24. The summed E-state index contributed by atoms with van der Waals surface area (Å²) in [5.74, 6) is 0.885. The summed E-state index contributed by atoms with van der Waals surface area (Å²) in [6, 6.07) is 1.63. The number of carbonyl (C=O) groups is 1. The van der Waals surface area contributed by atoms with Crippen molar-refractivity contribution in [3.8, 4) is 5.88 Å².